The number of para-hydroxylation sites is 1. The molecule has 1 saturated heterocycles. The van der Waals surface area contributed by atoms with Gasteiger partial charge in [0, 0.05) is 51.1 Å². The van der Waals surface area contributed by atoms with Gasteiger partial charge in [0.05, 0.1) is 12.0 Å². The molecule has 0 aromatic heterocycles. The minimum Gasteiger partial charge on any atom is -0.486 e. The minimum absolute atomic E-state index is 0.0127. The molecule has 2 aliphatic carbocycles. The summed E-state index contributed by atoms with van der Waals surface area (Å²) >= 11 is 0. The molecule has 6 nitrogen and oxygen atoms in total. The molecule has 2 heterocycles. The van der Waals surface area contributed by atoms with Gasteiger partial charge in [0.2, 0.25) is 5.91 Å². The number of nitrogens with zero attached hydrogens (tertiary/aromatic N) is 2. The van der Waals surface area contributed by atoms with Gasteiger partial charge in [-0.05, 0) is 37.4 Å². The van der Waals surface area contributed by atoms with Crippen LogP contribution in [0, 0.1) is 17.8 Å². The van der Waals surface area contributed by atoms with Crippen LogP contribution in [-0.2, 0) is 4.79 Å². The van der Waals surface area contributed by atoms with Gasteiger partial charge in [-0.2, -0.15) is 0 Å². The number of ether oxygens (including phenoxy) is 1. The summed E-state index contributed by atoms with van der Waals surface area (Å²) in [6.45, 7) is 9.34. The molecule has 156 valence electrons. The number of benzene rings is 1. The first-order valence-corrected chi connectivity index (χ1v) is 11.1. The SMILES string of the molecule is CCN1CCN(CCNC(=O)[C@@H]2[C@@H]3CC[C@]4(CC(=O)c5ccccc5O4)[C@@H]32)CC1. The second-order valence-electron chi connectivity index (χ2n) is 9.08. The zero-order chi connectivity index (χ0) is 20.0. The van der Waals surface area contributed by atoms with Gasteiger partial charge in [-0.1, -0.05) is 19.1 Å². The maximum absolute atomic E-state index is 12.8. The zero-order valence-electron chi connectivity index (χ0n) is 17.2. The van der Waals surface area contributed by atoms with Crippen molar-refractivity contribution in [1.82, 2.24) is 15.1 Å². The lowest BCUT2D eigenvalue weighted by molar-refractivity contribution is -0.124. The van der Waals surface area contributed by atoms with Gasteiger partial charge in [0.15, 0.2) is 5.78 Å². The number of nitrogens with one attached hydrogen (secondary N) is 1. The summed E-state index contributed by atoms with van der Waals surface area (Å²) < 4.78 is 6.39. The zero-order valence-corrected chi connectivity index (χ0v) is 17.2. The molecule has 0 unspecified atom stereocenters. The largest absolute Gasteiger partial charge is 0.486 e. The van der Waals surface area contributed by atoms with Gasteiger partial charge < -0.3 is 15.0 Å². The fourth-order valence-electron chi connectivity index (χ4n) is 5.90. The molecule has 4 atom stereocenters. The van der Waals surface area contributed by atoms with Gasteiger partial charge in [-0.25, -0.2) is 0 Å². The molecule has 1 aromatic rings. The van der Waals surface area contributed by atoms with Gasteiger partial charge in [-0.3, -0.25) is 14.5 Å². The molecule has 1 amide bonds. The van der Waals surface area contributed by atoms with Crippen LogP contribution in [0.25, 0.3) is 0 Å². The van der Waals surface area contributed by atoms with Gasteiger partial charge in [-0.15, -0.1) is 0 Å². The van der Waals surface area contributed by atoms with Crippen molar-refractivity contribution in [1.29, 1.82) is 0 Å². The summed E-state index contributed by atoms with van der Waals surface area (Å²) in [7, 11) is 0. The van der Waals surface area contributed by atoms with E-state index in [1.54, 1.807) is 0 Å². The van der Waals surface area contributed by atoms with Crippen LogP contribution in [0.4, 0.5) is 0 Å². The van der Waals surface area contributed by atoms with E-state index in [1.807, 2.05) is 24.3 Å². The van der Waals surface area contributed by atoms with E-state index in [0.29, 0.717) is 30.2 Å². The number of ketones is 1. The maximum atomic E-state index is 12.8. The molecule has 1 aromatic carbocycles. The van der Waals surface area contributed by atoms with Crippen molar-refractivity contribution in [2.75, 3.05) is 45.8 Å². The number of piperazine rings is 1. The number of hydrogen-bond donors (Lipinski definition) is 1. The van der Waals surface area contributed by atoms with Crippen molar-refractivity contribution in [2.24, 2.45) is 17.8 Å². The Labute approximate surface area is 172 Å². The summed E-state index contributed by atoms with van der Waals surface area (Å²) in [6, 6.07) is 7.52. The Morgan fingerprint density at radius 2 is 1.97 bits per heavy atom. The van der Waals surface area contributed by atoms with Crippen LogP contribution in [0.5, 0.6) is 5.75 Å². The van der Waals surface area contributed by atoms with Crippen molar-refractivity contribution >= 4 is 11.7 Å². The van der Waals surface area contributed by atoms with E-state index < -0.39 is 5.60 Å². The molecule has 0 bridgehead atoms. The third kappa shape index (κ3) is 3.36. The van der Waals surface area contributed by atoms with E-state index in [0.717, 1.165) is 52.1 Å². The smallest absolute Gasteiger partial charge is 0.223 e. The first kappa shape index (κ1) is 19.1. The Balaban J connectivity index is 1.15. The highest BCUT2D eigenvalue weighted by Gasteiger charge is 2.70. The van der Waals surface area contributed by atoms with Crippen LogP contribution in [0.2, 0.25) is 0 Å². The summed E-state index contributed by atoms with van der Waals surface area (Å²) in [4.78, 5) is 30.4. The molecule has 3 fully saturated rings. The van der Waals surface area contributed by atoms with Gasteiger partial charge in [0.25, 0.3) is 0 Å². The maximum Gasteiger partial charge on any atom is 0.223 e. The Morgan fingerprint density at radius 3 is 2.76 bits per heavy atom. The molecule has 1 N–H and O–H groups in total. The van der Waals surface area contributed by atoms with Crippen LogP contribution in [0.15, 0.2) is 24.3 Å². The lowest BCUT2D eigenvalue weighted by atomic mass is 9.84. The van der Waals surface area contributed by atoms with E-state index in [-0.39, 0.29) is 23.5 Å². The van der Waals surface area contributed by atoms with Crippen molar-refractivity contribution < 1.29 is 14.3 Å². The predicted octanol–water partition coefficient (Wildman–Crippen LogP) is 1.80. The molecule has 1 spiro atoms. The van der Waals surface area contributed by atoms with Crippen LogP contribution in [-0.4, -0.2) is 72.9 Å². The Hall–Kier alpha value is -1.92. The van der Waals surface area contributed by atoms with E-state index in [4.69, 9.17) is 4.74 Å². The minimum atomic E-state index is -0.464. The average molecular weight is 398 g/mol. The van der Waals surface area contributed by atoms with Crippen LogP contribution < -0.4 is 10.1 Å². The number of amides is 1. The molecule has 6 heteroatoms. The second kappa shape index (κ2) is 7.40. The third-order valence-electron chi connectivity index (χ3n) is 7.58. The van der Waals surface area contributed by atoms with Crippen molar-refractivity contribution in [3.05, 3.63) is 29.8 Å². The lowest BCUT2D eigenvalue weighted by Crippen LogP contribution is -2.48. The predicted molar refractivity (Wildman–Crippen MR) is 110 cm³/mol. The molecule has 2 aliphatic heterocycles. The highest BCUT2D eigenvalue weighted by molar-refractivity contribution is 6.00. The second-order valence-corrected chi connectivity index (χ2v) is 9.08. The summed E-state index contributed by atoms with van der Waals surface area (Å²) in [6.07, 6.45) is 2.28. The molecular formula is C23H31N3O3. The highest BCUT2D eigenvalue weighted by atomic mass is 16.5. The number of carbonyl (C=O) groups excluding carboxylic acids is 2. The standard InChI is InChI=1S/C23H31N3O3/c1-2-25-11-13-26(14-12-25)10-9-24-22(28)20-17-7-8-23(21(17)20)15-18(27)16-5-3-4-6-19(16)29-23/h3-6,17,20-21H,2,7-15H2,1H3,(H,24,28)/t17-,20+,21-,23-/m0/s1. The average Bonchev–Trinajstić information content (AvgIpc) is 3.39. The van der Waals surface area contributed by atoms with E-state index in [9.17, 15) is 9.59 Å². The van der Waals surface area contributed by atoms with Crippen LogP contribution >= 0.6 is 0 Å². The summed E-state index contributed by atoms with van der Waals surface area (Å²) in [5.74, 6) is 1.58. The fourth-order valence-corrected chi connectivity index (χ4v) is 5.90. The molecule has 0 radical (unpaired) electrons. The first-order chi connectivity index (χ1) is 14.1. The van der Waals surface area contributed by atoms with Crippen LogP contribution in [0.3, 0.4) is 0 Å². The molecule has 5 rings (SSSR count). The number of fused-ring (bicyclic) bond motifs is 3. The first-order valence-electron chi connectivity index (χ1n) is 11.1. The number of carbonyl (C=O) groups is 2. The monoisotopic (exact) mass is 397 g/mol. The Kier molecular flexibility index (Phi) is 4.87. The fraction of sp³-hybridized carbons (Fsp3) is 0.652. The highest BCUT2D eigenvalue weighted by Crippen LogP contribution is 2.65. The van der Waals surface area contributed by atoms with E-state index in [2.05, 4.69) is 22.0 Å². The lowest BCUT2D eigenvalue weighted by Gasteiger charge is -2.37. The quantitative estimate of drug-likeness (QED) is 0.821. The van der Waals surface area contributed by atoms with E-state index >= 15 is 0 Å². The topological polar surface area (TPSA) is 61.9 Å². The third-order valence-corrected chi connectivity index (χ3v) is 7.58. The molecular weight excluding hydrogens is 366 g/mol. The Bertz CT molecular complexity index is 804. The van der Waals surface area contributed by atoms with Crippen LogP contribution in [0.1, 0.15) is 36.5 Å². The number of likely N-dealkylation sites (N-methyl/N-ethyl adjacent to an activating group) is 1. The molecule has 29 heavy (non-hydrogen) atoms. The normalized spacial score (nSPS) is 33.8. The summed E-state index contributed by atoms with van der Waals surface area (Å²) in [5, 5.41) is 3.16. The molecule has 2 saturated carbocycles. The van der Waals surface area contributed by atoms with Crippen molar-refractivity contribution in [3.63, 3.8) is 0 Å². The van der Waals surface area contributed by atoms with Gasteiger partial charge >= 0.3 is 0 Å². The van der Waals surface area contributed by atoms with Gasteiger partial charge in [0.1, 0.15) is 11.4 Å². The van der Waals surface area contributed by atoms with Crippen molar-refractivity contribution in [3.8, 4) is 5.75 Å². The number of Topliss-reactive ketones (excluding diaryl/α,β-unsaturated/α-hetero) is 1. The molecule has 4 aliphatic rings. The summed E-state index contributed by atoms with van der Waals surface area (Å²) in [5.41, 5.74) is 0.223. The number of rotatable bonds is 5. The van der Waals surface area contributed by atoms with Crippen molar-refractivity contribution in [2.45, 2.75) is 31.8 Å². The Morgan fingerprint density at radius 1 is 1.21 bits per heavy atom. The number of hydrogen-bond acceptors (Lipinski definition) is 5. The van der Waals surface area contributed by atoms with E-state index in [1.165, 1.54) is 0 Å².